The largest absolute Gasteiger partial charge is 0.474 e. The first-order chi connectivity index (χ1) is 15.2. The summed E-state index contributed by atoms with van der Waals surface area (Å²) < 4.78 is 19.0. The predicted octanol–water partition coefficient (Wildman–Crippen LogP) is 3.21. The van der Waals surface area contributed by atoms with Gasteiger partial charge in [-0.05, 0) is 47.9 Å². The number of amides is 1. The minimum Gasteiger partial charge on any atom is -0.474 e. The molecule has 0 atom stereocenters. The van der Waals surface area contributed by atoms with Gasteiger partial charge in [0.15, 0.2) is 5.82 Å². The van der Waals surface area contributed by atoms with Crippen LogP contribution in [0.25, 0.3) is 0 Å². The van der Waals surface area contributed by atoms with Crippen LogP contribution in [-0.4, -0.2) is 42.0 Å². The van der Waals surface area contributed by atoms with E-state index in [9.17, 15) is 9.18 Å². The number of benzene rings is 1. The molecule has 1 aliphatic heterocycles. The Morgan fingerprint density at radius 3 is 2.81 bits per heavy atom. The molecule has 1 amide bonds. The number of pyridine rings is 2. The average Bonchev–Trinajstić information content (AvgIpc) is 3.33. The van der Waals surface area contributed by atoms with Crippen molar-refractivity contribution in [3.05, 3.63) is 83.6 Å². The molecule has 0 bridgehead atoms. The van der Waals surface area contributed by atoms with E-state index in [4.69, 9.17) is 4.74 Å². The van der Waals surface area contributed by atoms with Gasteiger partial charge in [0, 0.05) is 18.9 Å². The number of rotatable bonds is 9. The molecule has 0 saturated heterocycles. The number of ether oxygens (including phenoxy) is 1. The number of carbonyl (C=O) groups excluding carboxylic acids is 1. The highest BCUT2D eigenvalue weighted by molar-refractivity contribution is 5.94. The summed E-state index contributed by atoms with van der Waals surface area (Å²) in [5, 5.41) is 3.29. The van der Waals surface area contributed by atoms with Crippen LogP contribution in [0.2, 0.25) is 0 Å². The molecule has 0 aliphatic carbocycles. The van der Waals surface area contributed by atoms with Gasteiger partial charge in [0.2, 0.25) is 12.3 Å². The van der Waals surface area contributed by atoms with Crippen LogP contribution in [0.5, 0.6) is 0 Å². The summed E-state index contributed by atoms with van der Waals surface area (Å²) in [6, 6.07) is 13.8. The monoisotopic (exact) mass is 419 g/mol. The lowest BCUT2D eigenvalue weighted by atomic mass is 10.1. The Kier molecular flexibility index (Phi) is 6.47. The van der Waals surface area contributed by atoms with Crippen molar-refractivity contribution in [2.45, 2.75) is 13.0 Å². The minimum atomic E-state index is -0.265. The maximum absolute atomic E-state index is 13.5. The number of aliphatic imine (C=N–C) groups is 1. The zero-order chi connectivity index (χ0) is 21.5. The van der Waals surface area contributed by atoms with Gasteiger partial charge in [-0.1, -0.05) is 18.2 Å². The average molecular weight is 419 g/mol. The third-order valence-electron chi connectivity index (χ3n) is 4.79. The molecule has 0 spiro atoms. The van der Waals surface area contributed by atoms with Crippen LogP contribution in [0.3, 0.4) is 0 Å². The van der Waals surface area contributed by atoms with Crippen LogP contribution < -0.4 is 10.2 Å². The fourth-order valence-corrected chi connectivity index (χ4v) is 3.31. The second-order valence-electron chi connectivity index (χ2n) is 7.00. The Morgan fingerprint density at radius 1 is 1.16 bits per heavy atom. The molecule has 1 aliphatic rings. The van der Waals surface area contributed by atoms with Crippen molar-refractivity contribution in [3.8, 4) is 0 Å². The Morgan fingerprint density at radius 2 is 2.06 bits per heavy atom. The van der Waals surface area contributed by atoms with Crippen molar-refractivity contribution >= 4 is 23.8 Å². The van der Waals surface area contributed by atoms with E-state index in [1.807, 2.05) is 24.3 Å². The lowest BCUT2D eigenvalue weighted by molar-refractivity contribution is -0.107. The van der Waals surface area contributed by atoms with Crippen LogP contribution in [0.1, 0.15) is 16.8 Å². The van der Waals surface area contributed by atoms with Crippen molar-refractivity contribution in [3.63, 3.8) is 0 Å². The van der Waals surface area contributed by atoms with Crippen LogP contribution in [0.15, 0.2) is 65.9 Å². The predicted molar refractivity (Wildman–Crippen MR) is 117 cm³/mol. The molecule has 3 heterocycles. The normalized spacial score (nSPS) is 12.7. The van der Waals surface area contributed by atoms with E-state index in [0.717, 1.165) is 17.5 Å². The molecule has 1 aromatic carbocycles. The van der Waals surface area contributed by atoms with Crippen molar-refractivity contribution < 1.29 is 13.9 Å². The minimum absolute atomic E-state index is 0.265. The number of anilines is 2. The summed E-state index contributed by atoms with van der Waals surface area (Å²) in [7, 11) is 0. The first-order valence-electron chi connectivity index (χ1n) is 10.0. The number of hydrogen-bond donors (Lipinski definition) is 1. The zero-order valence-electron chi connectivity index (χ0n) is 16.9. The zero-order valence-corrected chi connectivity index (χ0v) is 16.9. The Labute approximate surface area is 179 Å². The van der Waals surface area contributed by atoms with Gasteiger partial charge in [-0.3, -0.25) is 9.78 Å². The molecule has 31 heavy (non-hydrogen) atoms. The molecule has 8 heteroatoms. The van der Waals surface area contributed by atoms with E-state index in [-0.39, 0.29) is 5.82 Å². The number of hydrogen-bond acceptors (Lipinski definition) is 6. The highest BCUT2D eigenvalue weighted by atomic mass is 19.1. The SMILES string of the molecule is O=CN(Cc1cccnc1)c1ccc(C2=NCCO2)nc1NCCc1cccc(F)c1. The molecular weight excluding hydrogens is 397 g/mol. The molecule has 1 N–H and O–H groups in total. The second kappa shape index (κ2) is 9.80. The molecule has 3 aromatic rings. The van der Waals surface area contributed by atoms with Gasteiger partial charge in [0.25, 0.3) is 0 Å². The Hall–Kier alpha value is -3.81. The third-order valence-corrected chi connectivity index (χ3v) is 4.79. The first-order valence-corrected chi connectivity index (χ1v) is 10.0. The quantitative estimate of drug-likeness (QED) is 0.539. The topological polar surface area (TPSA) is 79.7 Å². The fraction of sp³-hybridized carbons (Fsp3) is 0.217. The highest BCUT2D eigenvalue weighted by Gasteiger charge is 2.18. The van der Waals surface area contributed by atoms with E-state index in [2.05, 4.69) is 20.3 Å². The summed E-state index contributed by atoms with van der Waals surface area (Å²) in [4.78, 5) is 26.5. The smallest absolute Gasteiger partial charge is 0.235 e. The van der Waals surface area contributed by atoms with E-state index in [0.29, 0.717) is 55.8 Å². The van der Waals surface area contributed by atoms with Gasteiger partial charge in [-0.25, -0.2) is 14.4 Å². The summed E-state index contributed by atoms with van der Waals surface area (Å²) in [5.41, 5.74) is 2.99. The summed E-state index contributed by atoms with van der Waals surface area (Å²) >= 11 is 0. The van der Waals surface area contributed by atoms with Crippen molar-refractivity contribution in [1.29, 1.82) is 0 Å². The molecule has 0 saturated carbocycles. The lowest BCUT2D eigenvalue weighted by Crippen LogP contribution is -2.23. The van der Waals surface area contributed by atoms with E-state index >= 15 is 0 Å². The number of carbonyl (C=O) groups is 1. The lowest BCUT2D eigenvalue weighted by Gasteiger charge is -2.21. The van der Waals surface area contributed by atoms with Gasteiger partial charge >= 0.3 is 0 Å². The van der Waals surface area contributed by atoms with Crippen LogP contribution in [0, 0.1) is 5.82 Å². The van der Waals surface area contributed by atoms with Crippen molar-refractivity contribution in [1.82, 2.24) is 9.97 Å². The second-order valence-corrected chi connectivity index (χ2v) is 7.00. The van der Waals surface area contributed by atoms with E-state index in [1.54, 1.807) is 29.4 Å². The van der Waals surface area contributed by atoms with Gasteiger partial charge < -0.3 is 15.0 Å². The van der Waals surface area contributed by atoms with E-state index < -0.39 is 0 Å². The van der Waals surface area contributed by atoms with Crippen LogP contribution in [-0.2, 0) is 22.5 Å². The maximum Gasteiger partial charge on any atom is 0.235 e. The van der Waals surface area contributed by atoms with Gasteiger partial charge in [-0.15, -0.1) is 0 Å². The summed E-state index contributed by atoms with van der Waals surface area (Å²) in [6.45, 7) is 2.00. The molecule has 2 aromatic heterocycles. The van der Waals surface area contributed by atoms with E-state index in [1.165, 1.54) is 12.1 Å². The van der Waals surface area contributed by atoms with Crippen molar-refractivity contribution in [2.75, 3.05) is 29.9 Å². The first kappa shape index (κ1) is 20.5. The van der Waals surface area contributed by atoms with Gasteiger partial charge in [-0.2, -0.15) is 0 Å². The van der Waals surface area contributed by atoms with Gasteiger partial charge in [0.05, 0.1) is 18.8 Å². The molecule has 0 fully saturated rings. The standard InChI is InChI=1S/C23H22FN5O2/c24-19-5-1-3-17(13-19)8-10-26-22-21(7-6-20(28-22)23-27-11-12-31-23)29(16-30)15-18-4-2-9-25-14-18/h1-7,9,13-14,16H,8,10-12,15H2,(H,26,28). The number of halogens is 1. The molecule has 158 valence electrons. The maximum atomic E-state index is 13.5. The number of nitrogens with zero attached hydrogens (tertiary/aromatic N) is 4. The molecule has 7 nitrogen and oxygen atoms in total. The summed E-state index contributed by atoms with van der Waals surface area (Å²) in [5.74, 6) is 0.756. The molecule has 0 unspecified atom stereocenters. The molecule has 0 radical (unpaired) electrons. The van der Waals surface area contributed by atoms with Crippen LogP contribution in [0.4, 0.5) is 15.9 Å². The van der Waals surface area contributed by atoms with Crippen molar-refractivity contribution in [2.24, 2.45) is 4.99 Å². The number of aromatic nitrogens is 2. The molecule has 4 rings (SSSR count). The summed E-state index contributed by atoms with van der Waals surface area (Å²) in [6.07, 6.45) is 4.78. The number of nitrogens with one attached hydrogen (secondary N) is 1. The highest BCUT2D eigenvalue weighted by Crippen LogP contribution is 2.26. The fourth-order valence-electron chi connectivity index (χ4n) is 3.31. The van der Waals surface area contributed by atoms with Crippen LogP contribution >= 0.6 is 0 Å². The Bertz CT molecular complexity index is 1070. The van der Waals surface area contributed by atoms with Gasteiger partial charge in [0.1, 0.15) is 18.1 Å². The Balaban J connectivity index is 1.57. The third kappa shape index (κ3) is 5.22. The molecular formula is C23H22FN5O2.